The van der Waals surface area contributed by atoms with Gasteiger partial charge in [-0.25, -0.2) is 9.67 Å². The van der Waals surface area contributed by atoms with Gasteiger partial charge in [0.1, 0.15) is 0 Å². The van der Waals surface area contributed by atoms with Crippen molar-refractivity contribution in [2.45, 2.75) is 13.3 Å². The van der Waals surface area contributed by atoms with E-state index in [1.807, 2.05) is 31.2 Å². The molecule has 2 aromatic heterocycles. The number of aromatic amines is 1. The van der Waals surface area contributed by atoms with Crippen LogP contribution in [-0.2, 0) is 6.42 Å². The van der Waals surface area contributed by atoms with Crippen LogP contribution in [0.3, 0.4) is 0 Å². The van der Waals surface area contributed by atoms with Crippen molar-refractivity contribution >= 4 is 22.9 Å². The molecule has 0 saturated carbocycles. The molecule has 22 heavy (non-hydrogen) atoms. The van der Waals surface area contributed by atoms with E-state index in [1.165, 1.54) is 6.20 Å². The minimum atomic E-state index is -0.515. The van der Waals surface area contributed by atoms with E-state index in [-0.39, 0.29) is 5.96 Å². The molecule has 2 heterocycles. The Bertz CT molecular complexity index is 837. The Labute approximate surface area is 125 Å². The number of imidazole rings is 1. The number of H-pyrrole nitrogens is 1. The van der Waals surface area contributed by atoms with Crippen molar-refractivity contribution < 1.29 is 4.79 Å². The molecule has 112 valence electrons. The Morgan fingerprint density at radius 1 is 1.36 bits per heavy atom. The van der Waals surface area contributed by atoms with E-state index in [2.05, 4.69) is 20.1 Å². The monoisotopic (exact) mass is 297 g/mol. The van der Waals surface area contributed by atoms with E-state index in [0.717, 1.165) is 11.0 Å². The van der Waals surface area contributed by atoms with Crippen molar-refractivity contribution in [1.29, 1.82) is 0 Å². The summed E-state index contributed by atoms with van der Waals surface area (Å²) in [6.07, 6.45) is 2.03. The van der Waals surface area contributed by atoms with Gasteiger partial charge in [0.2, 0.25) is 5.95 Å². The number of aromatic nitrogens is 4. The highest BCUT2D eigenvalue weighted by Gasteiger charge is 2.18. The van der Waals surface area contributed by atoms with Gasteiger partial charge in [-0.3, -0.25) is 4.79 Å². The van der Waals surface area contributed by atoms with Gasteiger partial charge in [-0.05, 0) is 18.6 Å². The summed E-state index contributed by atoms with van der Waals surface area (Å²) in [5, 5.41) is 4.23. The largest absolute Gasteiger partial charge is 0.370 e. The Balaban J connectivity index is 2.10. The number of carbonyl (C=O) groups is 1. The highest BCUT2D eigenvalue weighted by atomic mass is 16.1. The fourth-order valence-corrected chi connectivity index (χ4v) is 2.29. The van der Waals surface area contributed by atoms with Crippen LogP contribution in [-0.4, -0.2) is 31.6 Å². The van der Waals surface area contributed by atoms with E-state index >= 15 is 0 Å². The van der Waals surface area contributed by atoms with E-state index in [4.69, 9.17) is 11.5 Å². The highest BCUT2D eigenvalue weighted by molar-refractivity contribution is 6.02. The van der Waals surface area contributed by atoms with Crippen LogP contribution in [0, 0.1) is 0 Å². The second-order valence-corrected chi connectivity index (χ2v) is 4.69. The van der Waals surface area contributed by atoms with E-state index in [0.29, 0.717) is 23.6 Å². The van der Waals surface area contributed by atoms with Crippen molar-refractivity contribution in [2.75, 3.05) is 0 Å². The molecule has 0 bridgehead atoms. The SMILES string of the molecule is CCc1c(C(=O)N=C(N)N)cnn1-c1nc2ccccc2[nH]1. The first-order valence-electron chi connectivity index (χ1n) is 6.76. The molecular formula is C14H15N7O. The predicted molar refractivity (Wildman–Crippen MR) is 82.7 cm³/mol. The molecule has 0 aliphatic carbocycles. The number of nitrogens with two attached hydrogens (primary N) is 2. The quantitative estimate of drug-likeness (QED) is 0.485. The number of nitrogens with zero attached hydrogens (tertiary/aromatic N) is 4. The maximum absolute atomic E-state index is 12.0. The molecule has 1 amide bonds. The molecule has 5 N–H and O–H groups in total. The summed E-state index contributed by atoms with van der Waals surface area (Å²) in [6.45, 7) is 1.92. The summed E-state index contributed by atoms with van der Waals surface area (Å²) >= 11 is 0. The van der Waals surface area contributed by atoms with Gasteiger partial charge in [0.15, 0.2) is 5.96 Å². The lowest BCUT2D eigenvalue weighted by Gasteiger charge is -2.03. The van der Waals surface area contributed by atoms with Gasteiger partial charge in [-0.15, -0.1) is 0 Å². The van der Waals surface area contributed by atoms with Gasteiger partial charge in [-0.2, -0.15) is 10.1 Å². The number of rotatable bonds is 3. The summed E-state index contributed by atoms with van der Waals surface area (Å²) in [5.41, 5.74) is 13.3. The van der Waals surface area contributed by atoms with Gasteiger partial charge >= 0.3 is 0 Å². The zero-order valence-electron chi connectivity index (χ0n) is 11.9. The Kier molecular flexibility index (Phi) is 3.34. The third-order valence-electron chi connectivity index (χ3n) is 3.24. The lowest BCUT2D eigenvalue weighted by Crippen LogP contribution is -2.24. The van der Waals surface area contributed by atoms with E-state index in [9.17, 15) is 4.79 Å². The van der Waals surface area contributed by atoms with Gasteiger partial charge in [0.25, 0.3) is 5.91 Å². The van der Waals surface area contributed by atoms with Crippen molar-refractivity contribution in [2.24, 2.45) is 16.5 Å². The average molecular weight is 297 g/mol. The summed E-state index contributed by atoms with van der Waals surface area (Å²) < 4.78 is 1.59. The average Bonchev–Trinajstić information content (AvgIpc) is 3.09. The standard InChI is InChI=1S/C14H15N7O/c1-2-11-8(12(22)20-13(15)16)7-17-21(11)14-18-9-5-3-4-6-10(9)19-14/h3-7H,2H2,1H3,(H,18,19)(H4,15,16,20,22). The van der Waals surface area contributed by atoms with Gasteiger partial charge in [0.05, 0.1) is 28.5 Å². The number of carbonyl (C=O) groups excluding carboxylic acids is 1. The van der Waals surface area contributed by atoms with Crippen LogP contribution in [0.5, 0.6) is 0 Å². The topological polar surface area (TPSA) is 128 Å². The Morgan fingerprint density at radius 2 is 2.14 bits per heavy atom. The number of guanidine groups is 1. The molecule has 0 spiro atoms. The molecule has 3 rings (SSSR count). The zero-order valence-corrected chi connectivity index (χ0v) is 11.9. The summed E-state index contributed by atoms with van der Waals surface area (Å²) in [5.74, 6) is -0.246. The van der Waals surface area contributed by atoms with E-state index in [1.54, 1.807) is 4.68 Å². The number of para-hydroxylation sites is 2. The maximum Gasteiger partial charge on any atom is 0.283 e. The minimum Gasteiger partial charge on any atom is -0.370 e. The Hall–Kier alpha value is -3.16. The summed E-state index contributed by atoms with van der Waals surface area (Å²) in [7, 11) is 0. The molecule has 8 heteroatoms. The van der Waals surface area contributed by atoms with Crippen LogP contribution in [0.1, 0.15) is 23.0 Å². The van der Waals surface area contributed by atoms with Crippen LogP contribution >= 0.6 is 0 Å². The van der Waals surface area contributed by atoms with Crippen molar-refractivity contribution in [3.63, 3.8) is 0 Å². The minimum absolute atomic E-state index is 0.274. The van der Waals surface area contributed by atoms with Crippen LogP contribution in [0.2, 0.25) is 0 Å². The maximum atomic E-state index is 12.0. The third kappa shape index (κ3) is 2.30. The molecule has 8 nitrogen and oxygen atoms in total. The van der Waals surface area contributed by atoms with Crippen LogP contribution in [0.15, 0.2) is 35.5 Å². The molecule has 0 atom stereocenters. The van der Waals surface area contributed by atoms with Gasteiger partial charge in [0, 0.05) is 0 Å². The third-order valence-corrected chi connectivity index (χ3v) is 3.24. The predicted octanol–water partition coefficient (Wildman–Crippen LogP) is 0.725. The Morgan fingerprint density at radius 3 is 2.82 bits per heavy atom. The number of amides is 1. The smallest absolute Gasteiger partial charge is 0.283 e. The van der Waals surface area contributed by atoms with E-state index < -0.39 is 5.91 Å². The number of fused-ring (bicyclic) bond motifs is 1. The van der Waals surface area contributed by atoms with Crippen molar-refractivity contribution in [1.82, 2.24) is 19.7 Å². The molecule has 0 aliphatic rings. The molecule has 0 fully saturated rings. The second kappa shape index (κ2) is 5.32. The van der Waals surface area contributed by atoms with Gasteiger partial charge < -0.3 is 16.5 Å². The lowest BCUT2D eigenvalue weighted by atomic mass is 10.2. The van der Waals surface area contributed by atoms with Crippen LogP contribution < -0.4 is 11.5 Å². The molecule has 0 saturated heterocycles. The summed E-state index contributed by atoms with van der Waals surface area (Å²) in [4.78, 5) is 23.2. The van der Waals surface area contributed by atoms with Crippen LogP contribution in [0.25, 0.3) is 17.0 Å². The zero-order chi connectivity index (χ0) is 15.7. The fourth-order valence-electron chi connectivity index (χ4n) is 2.29. The molecule has 1 aromatic carbocycles. The number of hydrogen-bond donors (Lipinski definition) is 3. The number of nitrogens with one attached hydrogen (secondary N) is 1. The normalized spacial score (nSPS) is 10.8. The fraction of sp³-hybridized carbons (Fsp3) is 0.143. The molecule has 0 aliphatic heterocycles. The number of aliphatic imine (C=N–C) groups is 1. The molecule has 0 radical (unpaired) electrons. The lowest BCUT2D eigenvalue weighted by molar-refractivity contribution is 0.100. The van der Waals surface area contributed by atoms with Crippen molar-refractivity contribution in [3.8, 4) is 5.95 Å². The number of hydrogen-bond acceptors (Lipinski definition) is 3. The molecule has 3 aromatic rings. The van der Waals surface area contributed by atoms with Crippen LogP contribution in [0.4, 0.5) is 0 Å². The van der Waals surface area contributed by atoms with Gasteiger partial charge in [-0.1, -0.05) is 19.1 Å². The second-order valence-electron chi connectivity index (χ2n) is 4.69. The first-order valence-corrected chi connectivity index (χ1v) is 6.76. The highest BCUT2D eigenvalue weighted by Crippen LogP contribution is 2.18. The molecular weight excluding hydrogens is 282 g/mol. The summed E-state index contributed by atoms with van der Waals surface area (Å²) in [6, 6.07) is 7.65. The van der Waals surface area contributed by atoms with Crippen molar-refractivity contribution in [3.05, 3.63) is 41.7 Å². The number of benzene rings is 1. The first kappa shape index (κ1) is 13.8. The first-order chi connectivity index (χ1) is 10.6. The molecule has 0 unspecified atom stereocenters.